The molecule has 2 N–H and O–H groups in total. The maximum atomic E-state index is 14.2. The van der Waals surface area contributed by atoms with Crippen LogP contribution < -0.4 is 35.0 Å². The lowest BCUT2D eigenvalue weighted by molar-refractivity contribution is -0.137. The van der Waals surface area contributed by atoms with Gasteiger partial charge in [0.05, 0.1) is 23.8 Å². The molecule has 7 rings (SSSR count). The number of benzene rings is 2. The fraction of sp³-hybridized carbons (Fsp3) is 0.543. The Bertz CT molecular complexity index is 1780. The van der Waals surface area contributed by atoms with E-state index in [9.17, 15) is 17.7 Å². The molecule has 0 spiro atoms. The van der Waals surface area contributed by atoms with Crippen LogP contribution in [0.15, 0.2) is 30.5 Å². The number of rotatable bonds is 8. The molecule has 3 saturated heterocycles. The summed E-state index contributed by atoms with van der Waals surface area (Å²) in [7, 11) is 0.728. The van der Waals surface area contributed by atoms with Crippen molar-refractivity contribution < 1.29 is 31.9 Å². The van der Waals surface area contributed by atoms with Gasteiger partial charge in [0.1, 0.15) is 37.5 Å². The van der Waals surface area contributed by atoms with Crippen LogP contribution in [0.4, 0.5) is 42.0 Å². The molecule has 2 aromatic carbocycles. The van der Waals surface area contributed by atoms with Crippen LogP contribution in [0, 0.1) is 18.8 Å². The number of halogens is 3. The number of hydrogen-bond acceptors (Lipinski definition) is 11. The molecule has 0 radical (unpaired) electrons. The van der Waals surface area contributed by atoms with E-state index in [0.717, 1.165) is 55.2 Å². The molecule has 2 atom stereocenters. The molecule has 4 aliphatic heterocycles. The summed E-state index contributed by atoms with van der Waals surface area (Å²) in [6.45, 7) is 12.3. The number of anilines is 5. The van der Waals surface area contributed by atoms with Gasteiger partial charge in [0.25, 0.3) is 0 Å². The van der Waals surface area contributed by atoms with E-state index in [1.807, 2.05) is 19.1 Å². The summed E-state index contributed by atoms with van der Waals surface area (Å²) >= 11 is 0. The van der Waals surface area contributed by atoms with Crippen molar-refractivity contribution in [3.63, 3.8) is 0 Å². The van der Waals surface area contributed by atoms with Gasteiger partial charge in [-0.1, -0.05) is 0 Å². The van der Waals surface area contributed by atoms with Crippen molar-refractivity contribution in [3.8, 4) is 17.2 Å². The minimum Gasteiger partial charge on any atom is -0.494 e. The van der Waals surface area contributed by atoms with Gasteiger partial charge < -0.3 is 39.2 Å². The summed E-state index contributed by atoms with van der Waals surface area (Å²) in [6.07, 6.45) is -1.83. The third-order valence-corrected chi connectivity index (χ3v) is 11.9. The van der Waals surface area contributed by atoms with Crippen LogP contribution >= 0.6 is 7.14 Å². The van der Waals surface area contributed by atoms with Crippen molar-refractivity contribution in [1.82, 2.24) is 19.8 Å². The largest absolute Gasteiger partial charge is 0.494 e. The maximum Gasteiger partial charge on any atom is 0.421 e. The number of nitrogens with zero attached hydrogens (tertiary/aromatic N) is 5. The molecule has 2 unspecified atom stereocenters. The number of alkyl halides is 3. The number of hydrogen-bond donors (Lipinski definition) is 2. The van der Waals surface area contributed by atoms with Gasteiger partial charge in [-0.2, -0.15) is 18.2 Å². The molecule has 0 aliphatic carbocycles. The van der Waals surface area contributed by atoms with Crippen LogP contribution in [-0.4, -0.2) is 106 Å². The second-order valence-corrected chi connectivity index (χ2v) is 17.4. The molecule has 3 fully saturated rings. The first-order valence-corrected chi connectivity index (χ1v) is 19.7. The van der Waals surface area contributed by atoms with E-state index >= 15 is 0 Å². The lowest BCUT2D eigenvalue weighted by Gasteiger charge is -2.39. The molecule has 5 heterocycles. The van der Waals surface area contributed by atoms with E-state index in [4.69, 9.17) is 14.2 Å². The number of ether oxygens (including phenoxy) is 3. The number of aromatic nitrogens is 2. The van der Waals surface area contributed by atoms with E-state index in [-0.39, 0.29) is 29.3 Å². The van der Waals surface area contributed by atoms with Crippen LogP contribution in [0.3, 0.4) is 0 Å². The zero-order chi connectivity index (χ0) is 35.4. The summed E-state index contributed by atoms with van der Waals surface area (Å²) in [5.41, 5.74) is 1.70. The van der Waals surface area contributed by atoms with E-state index in [2.05, 4.69) is 42.3 Å². The highest BCUT2D eigenvalue weighted by atomic mass is 31.2. The Hall–Kier alpha value is -3.74. The van der Waals surface area contributed by atoms with Crippen molar-refractivity contribution in [2.24, 2.45) is 11.8 Å². The Morgan fingerprint density at radius 3 is 2.34 bits per heavy atom. The molecule has 4 aliphatic rings. The quantitative estimate of drug-likeness (QED) is 0.278. The molecule has 0 saturated carbocycles. The Morgan fingerprint density at radius 1 is 0.980 bits per heavy atom. The smallest absolute Gasteiger partial charge is 0.421 e. The van der Waals surface area contributed by atoms with Gasteiger partial charge in [-0.15, -0.1) is 0 Å². The van der Waals surface area contributed by atoms with Gasteiger partial charge >= 0.3 is 6.18 Å². The summed E-state index contributed by atoms with van der Waals surface area (Å²) in [5.74, 6) is 2.19. The van der Waals surface area contributed by atoms with E-state index in [0.29, 0.717) is 29.8 Å². The molecule has 270 valence electrons. The maximum absolute atomic E-state index is 14.2. The van der Waals surface area contributed by atoms with Gasteiger partial charge in [0.2, 0.25) is 5.95 Å². The SMILES string of the molecule is COc1cc(N2CCC(N3CC4CN(C)CC4C3)CC2)c(C)cc1Nc1ncc(C(F)(F)F)c(Nc2ccc3c(c2P(C)(C)=O)OCCO3)n1. The molecule has 11 nitrogen and oxygen atoms in total. The molecule has 15 heteroatoms. The Kier molecular flexibility index (Phi) is 9.32. The highest BCUT2D eigenvalue weighted by Crippen LogP contribution is 2.47. The molecular weight excluding hydrogens is 670 g/mol. The monoisotopic (exact) mass is 715 g/mol. The highest BCUT2D eigenvalue weighted by Gasteiger charge is 2.41. The Labute approximate surface area is 290 Å². The zero-order valence-electron chi connectivity index (χ0n) is 29.1. The first-order chi connectivity index (χ1) is 23.8. The van der Waals surface area contributed by atoms with Crippen LogP contribution in [0.25, 0.3) is 0 Å². The van der Waals surface area contributed by atoms with Crippen molar-refractivity contribution in [2.45, 2.75) is 32.0 Å². The molecule has 1 aromatic heterocycles. The van der Waals surface area contributed by atoms with Crippen LogP contribution in [0.2, 0.25) is 0 Å². The van der Waals surface area contributed by atoms with Crippen molar-refractivity contribution >= 4 is 41.3 Å². The number of nitrogens with one attached hydrogen (secondary N) is 2. The standard InChI is InChI=1S/C35H45F3N7O4P/c1-21-14-27(30(47-3)15-28(21)44-10-8-24(9-11-44)45-19-22-17-43(2)18-23(22)20-45)41-34-39-16-25(35(36,37)38)33(42-34)40-26-6-7-29-31(49-13-12-48-29)32(26)50(4,5)46/h6-7,14-16,22-24H,8-13,17-20H2,1-5H3,(H2,39,40,41,42). The third-order valence-electron chi connectivity index (χ3n) is 10.4. The van der Waals surface area contributed by atoms with Gasteiger partial charge in [-0.3, -0.25) is 4.90 Å². The summed E-state index contributed by atoms with van der Waals surface area (Å²) in [6, 6.07) is 7.59. The number of fused-ring (bicyclic) bond motifs is 2. The van der Waals surface area contributed by atoms with Crippen LogP contribution in [-0.2, 0) is 10.7 Å². The van der Waals surface area contributed by atoms with E-state index < -0.39 is 24.7 Å². The predicted molar refractivity (Wildman–Crippen MR) is 189 cm³/mol. The molecule has 3 aromatic rings. The molecule has 0 amide bonds. The van der Waals surface area contributed by atoms with Gasteiger partial charge in [0.15, 0.2) is 11.5 Å². The van der Waals surface area contributed by atoms with Gasteiger partial charge in [-0.05, 0) is 75.7 Å². The predicted octanol–water partition coefficient (Wildman–Crippen LogP) is 5.78. The summed E-state index contributed by atoms with van der Waals surface area (Å²) in [5, 5.41) is 6.13. The average Bonchev–Trinajstić information content (AvgIpc) is 3.61. The number of likely N-dealkylation sites (tertiary alicyclic amines) is 2. The van der Waals surface area contributed by atoms with Gasteiger partial charge in [-0.25, -0.2) is 4.98 Å². The van der Waals surface area contributed by atoms with Crippen LogP contribution in [0.5, 0.6) is 17.2 Å². The second-order valence-electron chi connectivity index (χ2n) is 14.3. The summed E-state index contributed by atoms with van der Waals surface area (Å²) in [4.78, 5) is 15.8. The van der Waals surface area contributed by atoms with Crippen molar-refractivity contribution in [2.75, 3.05) is 95.5 Å². The first kappa shape index (κ1) is 34.7. The first-order valence-electron chi connectivity index (χ1n) is 17.1. The topological polar surface area (TPSA) is 104 Å². The third kappa shape index (κ3) is 6.94. The van der Waals surface area contributed by atoms with E-state index in [1.54, 1.807) is 13.2 Å². The average molecular weight is 716 g/mol. The van der Waals surface area contributed by atoms with Crippen molar-refractivity contribution in [3.05, 3.63) is 41.6 Å². The van der Waals surface area contributed by atoms with Crippen molar-refractivity contribution in [1.29, 1.82) is 0 Å². The minimum atomic E-state index is -4.76. The summed E-state index contributed by atoms with van der Waals surface area (Å²) < 4.78 is 73.2. The fourth-order valence-electron chi connectivity index (χ4n) is 8.05. The number of methoxy groups -OCH3 is 1. The fourth-order valence-corrected chi connectivity index (χ4v) is 9.42. The Morgan fingerprint density at radius 2 is 1.68 bits per heavy atom. The number of aryl methyl sites for hydroxylation is 1. The molecular formula is C35H45F3N7O4P. The Balaban J connectivity index is 1.11. The zero-order valence-corrected chi connectivity index (χ0v) is 30.0. The normalized spacial score (nSPS) is 21.7. The molecule has 0 bridgehead atoms. The minimum absolute atomic E-state index is 0.0661. The second kappa shape index (κ2) is 13.4. The molecule has 50 heavy (non-hydrogen) atoms. The van der Waals surface area contributed by atoms with Crippen LogP contribution in [0.1, 0.15) is 24.0 Å². The lowest BCUT2D eigenvalue weighted by atomic mass is 10.0. The lowest BCUT2D eigenvalue weighted by Crippen LogP contribution is -2.45. The van der Waals surface area contributed by atoms with Gasteiger partial charge in [0, 0.05) is 63.3 Å². The van der Waals surface area contributed by atoms with E-state index in [1.165, 1.54) is 45.6 Å². The highest BCUT2D eigenvalue weighted by molar-refractivity contribution is 7.70. The number of piperidine rings is 1.